The third-order valence-electron chi connectivity index (χ3n) is 2.71. The molecule has 0 aliphatic rings. The van der Waals surface area contributed by atoms with Crippen molar-refractivity contribution in [3.63, 3.8) is 0 Å². The van der Waals surface area contributed by atoms with E-state index in [9.17, 15) is 9.59 Å². The fraction of sp³-hybridized carbons (Fsp3) is 0.667. The summed E-state index contributed by atoms with van der Waals surface area (Å²) in [4.78, 5) is 23.3. The predicted octanol–water partition coefficient (Wildman–Crippen LogP) is -1.43. The molecule has 2 N–H and O–H groups in total. The Bertz CT molecular complexity index is 507. The van der Waals surface area contributed by atoms with E-state index in [0.717, 1.165) is 11.0 Å². The standard InChI is InChI=1S/C12H21N3O4/c1-14-9-10(11(17)15(2)12(14)18)8-13-4-3-6-19-7-5-16/h9,13,16H,3-8H2,1-2H3. The van der Waals surface area contributed by atoms with Crippen LogP contribution >= 0.6 is 0 Å². The molecule has 0 atom stereocenters. The van der Waals surface area contributed by atoms with Crippen molar-refractivity contribution in [2.75, 3.05) is 26.4 Å². The van der Waals surface area contributed by atoms with Crippen molar-refractivity contribution >= 4 is 0 Å². The molecule has 0 radical (unpaired) electrons. The van der Waals surface area contributed by atoms with Crippen LogP contribution in [0.25, 0.3) is 0 Å². The summed E-state index contributed by atoms with van der Waals surface area (Å²) >= 11 is 0. The number of aromatic nitrogens is 2. The zero-order valence-corrected chi connectivity index (χ0v) is 11.4. The number of nitrogens with one attached hydrogen (secondary N) is 1. The van der Waals surface area contributed by atoms with E-state index in [-0.39, 0.29) is 17.9 Å². The van der Waals surface area contributed by atoms with Crippen LogP contribution in [-0.4, -0.2) is 40.6 Å². The lowest BCUT2D eigenvalue weighted by molar-refractivity contribution is 0.0907. The summed E-state index contributed by atoms with van der Waals surface area (Å²) in [5.74, 6) is 0. The number of hydrogen-bond acceptors (Lipinski definition) is 5. The molecule has 19 heavy (non-hydrogen) atoms. The zero-order valence-electron chi connectivity index (χ0n) is 11.4. The maximum Gasteiger partial charge on any atom is 0.330 e. The van der Waals surface area contributed by atoms with E-state index in [2.05, 4.69) is 5.32 Å². The first-order valence-electron chi connectivity index (χ1n) is 6.22. The highest BCUT2D eigenvalue weighted by molar-refractivity contribution is 5.05. The third kappa shape index (κ3) is 4.62. The second-order valence-electron chi connectivity index (χ2n) is 4.28. The molecule has 0 spiro atoms. The maximum atomic E-state index is 11.8. The molecule has 7 nitrogen and oxygen atoms in total. The maximum absolute atomic E-state index is 11.8. The Hall–Kier alpha value is -1.44. The fourth-order valence-electron chi connectivity index (χ4n) is 1.69. The van der Waals surface area contributed by atoms with Crippen LogP contribution in [0.4, 0.5) is 0 Å². The summed E-state index contributed by atoms with van der Waals surface area (Å²) < 4.78 is 7.60. The molecule has 0 aliphatic carbocycles. The van der Waals surface area contributed by atoms with Crippen LogP contribution in [0.15, 0.2) is 15.8 Å². The predicted molar refractivity (Wildman–Crippen MR) is 71.2 cm³/mol. The fourth-order valence-corrected chi connectivity index (χ4v) is 1.69. The first kappa shape index (κ1) is 15.6. The molecule has 0 saturated carbocycles. The number of hydrogen-bond donors (Lipinski definition) is 2. The van der Waals surface area contributed by atoms with Crippen molar-refractivity contribution in [1.29, 1.82) is 0 Å². The molecule has 0 aromatic carbocycles. The Morgan fingerprint density at radius 3 is 2.74 bits per heavy atom. The monoisotopic (exact) mass is 271 g/mol. The molecule has 0 aliphatic heterocycles. The van der Waals surface area contributed by atoms with Gasteiger partial charge < -0.3 is 19.7 Å². The normalized spacial score (nSPS) is 10.9. The molecule has 0 unspecified atom stereocenters. The van der Waals surface area contributed by atoms with Crippen molar-refractivity contribution in [2.24, 2.45) is 14.1 Å². The molecule has 0 fully saturated rings. The van der Waals surface area contributed by atoms with E-state index in [1.54, 1.807) is 13.2 Å². The van der Waals surface area contributed by atoms with Gasteiger partial charge >= 0.3 is 5.69 Å². The number of aliphatic hydroxyl groups is 1. The summed E-state index contributed by atoms with van der Waals surface area (Å²) in [6, 6.07) is 0. The lowest BCUT2D eigenvalue weighted by atomic mass is 10.3. The van der Waals surface area contributed by atoms with Crippen molar-refractivity contribution in [3.05, 3.63) is 32.6 Å². The highest BCUT2D eigenvalue weighted by Gasteiger charge is 2.05. The second kappa shape index (κ2) is 7.88. The number of ether oxygens (including phenoxy) is 1. The molecule has 0 saturated heterocycles. The first-order valence-corrected chi connectivity index (χ1v) is 6.22. The summed E-state index contributed by atoms with van der Waals surface area (Å²) in [6.45, 7) is 2.07. The van der Waals surface area contributed by atoms with Crippen molar-refractivity contribution in [3.8, 4) is 0 Å². The number of nitrogens with zero attached hydrogens (tertiary/aromatic N) is 2. The third-order valence-corrected chi connectivity index (χ3v) is 2.71. The smallest absolute Gasteiger partial charge is 0.330 e. The van der Waals surface area contributed by atoms with E-state index in [1.165, 1.54) is 11.6 Å². The molecular formula is C12H21N3O4. The molecule has 1 aromatic heterocycles. The summed E-state index contributed by atoms with van der Waals surface area (Å²) in [6.07, 6.45) is 2.35. The summed E-state index contributed by atoms with van der Waals surface area (Å²) in [5, 5.41) is 11.6. The van der Waals surface area contributed by atoms with Crippen LogP contribution in [0, 0.1) is 0 Å². The molecular weight excluding hydrogens is 250 g/mol. The number of aryl methyl sites for hydroxylation is 1. The van der Waals surface area contributed by atoms with E-state index in [1.807, 2.05) is 0 Å². The molecule has 7 heteroatoms. The highest BCUT2D eigenvalue weighted by Crippen LogP contribution is 1.88. The van der Waals surface area contributed by atoms with Crippen LogP contribution in [0.5, 0.6) is 0 Å². The van der Waals surface area contributed by atoms with Crippen LogP contribution in [-0.2, 0) is 25.4 Å². The Labute approximate surface area is 111 Å². The summed E-state index contributed by atoms with van der Waals surface area (Å²) in [7, 11) is 3.09. The van der Waals surface area contributed by atoms with Crippen molar-refractivity contribution in [2.45, 2.75) is 13.0 Å². The second-order valence-corrected chi connectivity index (χ2v) is 4.28. The Morgan fingerprint density at radius 1 is 1.32 bits per heavy atom. The van der Waals surface area contributed by atoms with Crippen molar-refractivity contribution in [1.82, 2.24) is 14.5 Å². The molecule has 108 valence electrons. The van der Waals surface area contributed by atoms with E-state index in [4.69, 9.17) is 9.84 Å². The van der Waals surface area contributed by atoms with Gasteiger partial charge in [-0.2, -0.15) is 0 Å². The summed E-state index contributed by atoms with van der Waals surface area (Å²) in [5.41, 5.74) is -0.0424. The zero-order chi connectivity index (χ0) is 14.3. The van der Waals surface area contributed by atoms with E-state index < -0.39 is 0 Å². The largest absolute Gasteiger partial charge is 0.394 e. The minimum absolute atomic E-state index is 0.0293. The van der Waals surface area contributed by atoms with Gasteiger partial charge in [-0.1, -0.05) is 0 Å². The Kier molecular flexibility index (Phi) is 6.48. The van der Waals surface area contributed by atoms with Gasteiger partial charge in [0.1, 0.15) is 0 Å². The molecule has 1 rings (SSSR count). The first-order chi connectivity index (χ1) is 9.07. The van der Waals surface area contributed by atoms with Crippen molar-refractivity contribution < 1.29 is 9.84 Å². The highest BCUT2D eigenvalue weighted by atomic mass is 16.5. The molecule has 1 heterocycles. The van der Waals surface area contributed by atoms with Gasteiger partial charge in [0.15, 0.2) is 0 Å². The Balaban J connectivity index is 2.42. The lowest BCUT2D eigenvalue weighted by Crippen LogP contribution is -2.39. The van der Waals surface area contributed by atoms with Gasteiger partial charge in [-0.25, -0.2) is 4.79 Å². The quantitative estimate of drug-likeness (QED) is 0.566. The van der Waals surface area contributed by atoms with Gasteiger partial charge in [0.05, 0.1) is 13.2 Å². The Morgan fingerprint density at radius 2 is 2.05 bits per heavy atom. The average molecular weight is 271 g/mol. The van der Waals surface area contributed by atoms with Gasteiger partial charge in [-0.15, -0.1) is 0 Å². The van der Waals surface area contributed by atoms with Crippen LogP contribution < -0.4 is 16.6 Å². The van der Waals surface area contributed by atoms with Gasteiger partial charge in [0.25, 0.3) is 5.56 Å². The van der Waals surface area contributed by atoms with Gasteiger partial charge in [-0.05, 0) is 13.0 Å². The molecule has 0 bridgehead atoms. The minimum atomic E-state index is -0.328. The van der Waals surface area contributed by atoms with E-state index in [0.29, 0.717) is 31.9 Å². The topological polar surface area (TPSA) is 85.5 Å². The number of rotatable bonds is 8. The average Bonchev–Trinajstić information content (AvgIpc) is 2.41. The van der Waals surface area contributed by atoms with Gasteiger partial charge in [0.2, 0.25) is 0 Å². The number of aliphatic hydroxyl groups excluding tert-OH is 1. The lowest BCUT2D eigenvalue weighted by Gasteiger charge is -2.08. The van der Waals surface area contributed by atoms with Gasteiger partial charge in [0, 0.05) is 39.0 Å². The molecule has 1 aromatic rings. The van der Waals surface area contributed by atoms with E-state index >= 15 is 0 Å². The SMILES string of the molecule is Cn1cc(CNCCCOCCO)c(=O)n(C)c1=O. The minimum Gasteiger partial charge on any atom is -0.394 e. The van der Waals surface area contributed by atoms with Crippen LogP contribution in [0.1, 0.15) is 12.0 Å². The van der Waals surface area contributed by atoms with Crippen LogP contribution in [0.3, 0.4) is 0 Å². The van der Waals surface area contributed by atoms with Crippen LogP contribution in [0.2, 0.25) is 0 Å². The molecule has 0 amide bonds. The van der Waals surface area contributed by atoms with Gasteiger partial charge in [-0.3, -0.25) is 9.36 Å².